The van der Waals surface area contributed by atoms with Crippen LogP contribution in [0.1, 0.15) is 5.56 Å². The van der Waals surface area contributed by atoms with Crippen molar-refractivity contribution in [2.75, 3.05) is 0 Å². The molecular weight excluding hydrogens is 411 g/mol. The van der Waals surface area contributed by atoms with E-state index in [0.29, 0.717) is 21.1 Å². The van der Waals surface area contributed by atoms with Gasteiger partial charge in [-0.05, 0) is 23.8 Å². The van der Waals surface area contributed by atoms with E-state index in [2.05, 4.69) is 4.72 Å². The van der Waals surface area contributed by atoms with E-state index in [4.69, 9.17) is 39.2 Å². The van der Waals surface area contributed by atoms with Gasteiger partial charge in [0.1, 0.15) is 4.90 Å². The Hall–Kier alpha value is -1.51. The average Bonchev–Trinajstić information content (AvgIpc) is 2.80. The van der Waals surface area contributed by atoms with Gasteiger partial charge in [0.05, 0.1) is 10.5 Å². The third-order valence-electron chi connectivity index (χ3n) is 3.60. The van der Waals surface area contributed by atoms with Crippen molar-refractivity contribution in [3.05, 3.63) is 61.5 Å². The summed E-state index contributed by atoms with van der Waals surface area (Å²) in [5.74, 6) is -0.610. The SMILES string of the molecule is Cn1c(=O)oc2cc(S(=O)(=O)NCc3ccc(Cl)cc3Cl)c(Cl)cc21. The van der Waals surface area contributed by atoms with Crippen LogP contribution in [0.5, 0.6) is 0 Å². The molecule has 0 amide bonds. The number of hydrogen-bond donors (Lipinski definition) is 1. The summed E-state index contributed by atoms with van der Waals surface area (Å²) in [6.07, 6.45) is 0. The lowest BCUT2D eigenvalue weighted by Gasteiger charge is -2.10. The number of hydrogen-bond acceptors (Lipinski definition) is 4. The molecule has 0 saturated carbocycles. The van der Waals surface area contributed by atoms with Gasteiger partial charge in [0.25, 0.3) is 0 Å². The zero-order valence-electron chi connectivity index (χ0n) is 12.7. The first-order valence-electron chi connectivity index (χ1n) is 6.92. The van der Waals surface area contributed by atoms with Crippen LogP contribution in [0.2, 0.25) is 15.1 Å². The lowest BCUT2D eigenvalue weighted by molar-refractivity contribution is 0.527. The number of aromatic nitrogens is 1. The number of benzene rings is 2. The van der Waals surface area contributed by atoms with E-state index in [1.54, 1.807) is 12.1 Å². The second-order valence-corrected chi connectivity index (χ2v) is 8.22. The topological polar surface area (TPSA) is 81.3 Å². The van der Waals surface area contributed by atoms with Crippen molar-refractivity contribution in [3.8, 4) is 0 Å². The van der Waals surface area contributed by atoms with Crippen molar-refractivity contribution in [3.63, 3.8) is 0 Å². The van der Waals surface area contributed by atoms with Crippen LogP contribution in [0.3, 0.4) is 0 Å². The first kappa shape index (κ1) is 18.3. The average molecular weight is 422 g/mol. The van der Waals surface area contributed by atoms with Crippen LogP contribution < -0.4 is 10.5 Å². The van der Waals surface area contributed by atoms with Gasteiger partial charge in [0, 0.05) is 29.7 Å². The summed E-state index contributed by atoms with van der Waals surface area (Å²) in [4.78, 5) is 11.4. The predicted molar refractivity (Wildman–Crippen MR) is 97.0 cm³/mol. The highest BCUT2D eigenvalue weighted by molar-refractivity contribution is 7.89. The van der Waals surface area contributed by atoms with Gasteiger partial charge in [0.15, 0.2) is 5.58 Å². The monoisotopic (exact) mass is 420 g/mol. The summed E-state index contributed by atoms with van der Waals surface area (Å²) in [6, 6.07) is 7.32. The van der Waals surface area contributed by atoms with Crippen molar-refractivity contribution in [1.82, 2.24) is 9.29 Å². The molecule has 0 bridgehead atoms. The Morgan fingerprint density at radius 1 is 1.12 bits per heavy atom. The number of sulfonamides is 1. The third kappa shape index (κ3) is 3.56. The number of nitrogens with one attached hydrogen (secondary N) is 1. The first-order chi connectivity index (χ1) is 11.7. The van der Waals surface area contributed by atoms with E-state index in [9.17, 15) is 13.2 Å². The maximum absolute atomic E-state index is 12.5. The largest absolute Gasteiger partial charge is 0.419 e. The second kappa shape index (κ2) is 6.66. The Kier molecular flexibility index (Phi) is 4.87. The summed E-state index contributed by atoms with van der Waals surface area (Å²) in [7, 11) is -2.46. The fourth-order valence-corrected chi connectivity index (χ4v) is 4.27. The molecule has 0 spiro atoms. The summed E-state index contributed by atoms with van der Waals surface area (Å²) in [5.41, 5.74) is 1.08. The molecule has 1 N–H and O–H groups in total. The minimum atomic E-state index is -3.96. The zero-order chi connectivity index (χ0) is 18.4. The van der Waals surface area contributed by atoms with Crippen molar-refractivity contribution in [1.29, 1.82) is 0 Å². The lowest BCUT2D eigenvalue weighted by Crippen LogP contribution is -2.23. The van der Waals surface area contributed by atoms with Gasteiger partial charge in [-0.3, -0.25) is 4.57 Å². The Labute approximate surface area is 158 Å². The molecule has 25 heavy (non-hydrogen) atoms. The number of rotatable bonds is 4. The van der Waals surface area contributed by atoms with E-state index < -0.39 is 15.8 Å². The number of fused-ring (bicyclic) bond motifs is 1. The number of aryl methyl sites for hydroxylation is 1. The molecule has 132 valence electrons. The fraction of sp³-hybridized carbons (Fsp3) is 0.133. The zero-order valence-corrected chi connectivity index (χ0v) is 15.8. The molecular formula is C15H11Cl3N2O4S. The smallest absolute Gasteiger partial charge is 0.408 e. The molecule has 0 atom stereocenters. The molecule has 10 heteroatoms. The van der Waals surface area contributed by atoms with E-state index >= 15 is 0 Å². The predicted octanol–water partition coefficient (Wildman–Crippen LogP) is 3.57. The van der Waals surface area contributed by atoms with Gasteiger partial charge in [-0.2, -0.15) is 0 Å². The molecule has 0 saturated heterocycles. The summed E-state index contributed by atoms with van der Waals surface area (Å²) < 4.78 is 33.7. The quantitative estimate of drug-likeness (QED) is 0.698. The summed E-state index contributed by atoms with van der Waals surface area (Å²) in [5, 5.41) is 0.758. The highest BCUT2D eigenvalue weighted by atomic mass is 35.5. The van der Waals surface area contributed by atoms with Crippen molar-refractivity contribution in [2.45, 2.75) is 11.4 Å². The molecule has 0 aliphatic heterocycles. The Morgan fingerprint density at radius 2 is 1.84 bits per heavy atom. The van der Waals surface area contributed by atoms with Crippen molar-refractivity contribution < 1.29 is 12.8 Å². The minimum absolute atomic E-state index is 0.0291. The van der Waals surface area contributed by atoms with Crippen LogP contribution in [0.15, 0.2) is 44.4 Å². The first-order valence-corrected chi connectivity index (χ1v) is 9.53. The fourth-order valence-electron chi connectivity index (χ4n) is 2.25. The molecule has 2 aromatic carbocycles. The van der Waals surface area contributed by atoms with E-state index in [0.717, 1.165) is 0 Å². The Morgan fingerprint density at radius 3 is 2.52 bits per heavy atom. The summed E-state index contributed by atoms with van der Waals surface area (Å²) >= 11 is 17.9. The van der Waals surface area contributed by atoms with Gasteiger partial charge < -0.3 is 4.42 Å². The molecule has 0 unspecified atom stereocenters. The van der Waals surface area contributed by atoms with Crippen LogP contribution in [0.4, 0.5) is 0 Å². The highest BCUT2D eigenvalue weighted by Gasteiger charge is 2.21. The third-order valence-corrected chi connectivity index (χ3v) is 6.06. The molecule has 0 aliphatic rings. The molecule has 0 aliphatic carbocycles. The maximum Gasteiger partial charge on any atom is 0.419 e. The number of nitrogens with zero attached hydrogens (tertiary/aromatic N) is 1. The van der Waals surface area contributed by atoms with Crippen LogP contribution in [0, 0.1) is 0 Å². The van der Waals surface area contributed by atoms with Crippen LogP contribution >= 0.6 is 34.8 Å². The Balaban J connectivity index is 1.95. The standard InChI is InChI=1S/C15H11Cl3N2O4S/c1-20-12-5-11(18)14(6-13(12)24-15(20)21)25(22,23)19-7-8-2-3-9(16)4-10(8)17/h2-6,19H,7H2,1H3. The van der Waals surface area contributed by atoms with Crippen LogP contribution in [-0.2, 0) is 23.6 Å². The van der Waals surface area contributed by atoms with Gasteiger partial charge in [-0.15, -0.1) is 0 Å². The molecule has 6 nitrogen and oxygen atoms in total. The normalized spacial score (nSPS) is 12.0. The lowest BCUT2D eigenvalue weighted by atomic mass is 10.2. The van der Waals surface area contributed by atoms with Gasteiger partial charge in [0.2, 0.25) is 10.0 Å². The van der Waals surface area contributed by atoms with E-state index in [1.165, 1.54) is 29.8 Å². The number of oxazole rings is 1. The molecule has 0 fully saturated rings. The highest BCUT2D eigenvalue weighted by Crippen LogP contribution is 2.27. The molecule has 1 aromatic heterocycles. The Bertz CT molecular complexity index is 1140. The molecule has 0 radical (unpaired) electrons. The molecule has 1 heterocycles. The van der Waals surface area contributed by atoms with E-state index in [1.807, 2.05) is 0 Å². The van der Waals surface area contributed by atoms with Crippen molar-refractivity contribution >= 4 is 55.9 Å². The molecule has 3 aromatic rings. The molecule has 3 rings (SSSR count). The summed E-state index contributed by atoms with van der Waals surface area (Å²) in [6.45, 7) is -0.0502. The minimum Gasteiger partial charge on any atom is -0.408 e. The van der Waals surface area contributed by atoms with Crippen LogP contribution in [0.25, 0.3) is 11.1 Å². The maximum atomic E-state index is 12.5. The number of halogens is 3. The van der Waals surface area contributed by atoms with Gasteiger partial charge >= 0.3 is 5.76 Å². The van der Waals surface area contributed by atoms with Crippen molar-refractivity contribution in [2.24, 2.45) is 7.05 Å². The van der Waals surface area contributed by atoms with E-state index in [-0.39, 0.29) is 22.0 Å². The van der Waals surface area contributed by atoms with Gasteiger partial charge in [-0.1, -0.05) is 40.9 Å². The van der Waals surface area contributed by atoms with Crippen LogP contribution in [-0.4, -0.2) is 13.0 Å². The second-order valence-electron chi connectivity index (χ2n) is 5.24. The van der Waals surface area contributed by atoms with Gasteiger partial charge in [-0.25, -0.2) is 17.9 Å².